The number of carbonyl (C=O) groups excluding carboxylic acids is 1. The average molecular weight is 408 g/mol. The summed E-state index contributed by atoms with van der Waals surface area (Å²) in [6.07, 6.45) is 4.84. The van der Waals surface area contributed by atoms with Gasteiger partial charge in [0.15, 0.2) is 4.32 Å². The molecule has 1 aromatic heterocycles. The molecule has 7 nitrogen and oxygen atoms in total. The number of carboxylic acid groups (broad SMARTS) is 1. The van der Waals surface area contributed by atoms with Crippen LogP contribution in [0.25, 0.3) is 11.8 Å². The maximum Gasteiger partial charge on any atom is 0.335 e. The fourth-order valence-corrected chi connectivity index (χ4v) is 3.96. The van der Waals surface area contributed by atoms with E-state index in [2.05, 4.69) is 10.1 Å². The van der Waals surface area contributed by atoms with Crippen LogP contribution in [-0.2, 0) is 4.79 Å². The molecule has 0 atom stereocenters. The molecule has 4 rings (SSSR count). The van der Waals surface area contributed by atoms with Gasteiger partial charge in [0.1, 0.15) is 12.7 Å². The summed E-state index contributed by atoms with van der Waals surface area (Å²) in [5, 5.41) is 13.1. The molecule has 1 amide bonds. The smallest absolute Gasteiger partial charge is 0.335 e. The summed E-state index contributed by atoms with van der Waals surface area (Å²) in [6.45, 7) is 0. The first-order chi connectivity index (χ1) is 13.5. The van der Waals surface area contributed by atoms with Crippen LogP contribution in [-0.4, -0.2) is 36.1 Å². The number of carboxylic acids is 1. The van der Waals surface area contributed by atoms with Crippen LogP contribution in [0.1, 0.15) is 15.9 Å². The zero-order valence-corrected chi connectivity index (χ0v) is 15.9. The van der Waals surface area contributed by atoms with Gasteiger partial charge in [-0.05, 0) is 48.0 Å². The number of hydrogen-bond acceptors (Lipinski definition) is 6. The highest BCUT2D eigenvalue weighted by Crippen LogP contribution is 2.36. The van der Waals surface area contributed by atoms with Crippen molar-refractivity contribution >= 4 is 51.9 Å². The Morgan fingerprint density at radius 3 is 2.36 bits per heavy atom. The Morgan fingerprint density at radius 1 is 1.07 bits per heavy atom. The molecule has 2 heterocycles. The Balaban J connectivity index is 1.57. The highest BCUT2D eigenvalue weighted by atomic mass is 32.2. The second-order valence-corrected chi connectivity index (χ2v) is 7.48. The fraction of sp³-hybridized carbons (Fsp3) is 0. The van der Waals surface area contributed by atoms with Gasteiger partial charge in [-0.15, -0.1) is 0 Å². The average Bonchev–Trinajstić information content (AvgIpc) is 3.31. The second kappa shape index (κ2) is 7.37. The highest BCUT2D eigenvalue weighted by molar-refractivity contribution is 8.27. The predicted molar refractivity (Wildman–Crippen MR) is 110 cm³/mol. The molecule has 28 heavy (non-hydrogen) atoms. The van der Waals surface area contributed by atoms with Gasteiger partial charge in [0.05, 0.1) is 21.8 Å². The highest BCUT2D eigenvalue weighted by Gasteiger charge is 2.33. The lowest BCUT2D eigenvalue weighted by molar-refractivity contribution is -0.113. The van der Waals surface area contributed by atoms with Crippen molar-refractivity contribution < 1.29 is 14.7 Å². The van der Waals surface area contributed by atoms with Crippen LogP contribution in [0.2, 0.25) is 0 Å². The van der Waals surface area contributed by atoms with Crippen molar-refractivity contribution in [3.8, 4) is 5.69 Å². The summed E-state index contributed by atoms with van der Waals surface area (Å²) in [7, 11) is 0. The Morgan fingerprint density at radius 2 is 1.75 bits per heavy atom. The van der Waals surface area contributed by atoms with Gasteiger partial charge in [0.2, 0.25) is 0 Å². The molecule has 0 spiro atoms. The molecule has 1 N–H and O–H groups in total. The summed E-state index contributed by atoms with van der Waals surface area (Å²) < 4.78 is 2.04. The summed E-state index contributed by atoms with van der Waals surface area (Å²) in [6, 6.07) is 13.6. The van der Waals surface area contributed by atoms with Gasteiger partial charge in [0, 0.05) is 0 Å². The van der Waals surface area contributed by atoms with E-state index in [4.69, 9.17) is 17.3 Å². The minimum atomic E-state index is -1.02. The van der Waals surface area contributed by atoms with Crippen molar-refractivity contribution in [2.45, 2.75) is 0 Å². The van der Waals surface area contributed by atoms with E-state index in [1.54, 1.807) is 29.2 Å². The van der Waals surface area contributed by atoms with E-state index >= 15 is 0 Å². The van der Waals surface area contributed by atoms with Crippen LogP contribution in [0.15, 0.2) is 66.1 Å². The maximum atomic E-state index is 12.8. The molecule has 0 bridgehead atoms. The molecule has 1 aliphatic rings. The topological polar surface area (TPSA) is 88.3 Å². The van der Waals surface area contributed by atoms with E-state index in [1.807, 2.05) is 24.3 Å². The van der Waals surface area contributed by atoms with Gasteiger partial charge in [-0.3, -0.25) is 9.69 Å². The molecular weight excluding hydrogens is 396 g/mol. The van der Waals surface area contributed by atoms with E-state index in [0.29, 0.717) is 14.9 Å². The molecule has 138 valence electrons. The first-order valence-electron chi connectivity index (χ1n) is 8.09. The molecular formula is C19H12N4O3S2. The Bertz CT molecular complexity index is 1090. The maximum absolute atomic E-state index is 12.8. The molecule has 1 fully saturated rings. The number of thioether (sulfide) groups is 1. The van der Waals surface area contributed by atoms with Crippen LogP contribution in [0.5, 0.6) is 0 Å². The number of hydrogen-bond donors (Lipinski definition) is 1. The van der Waals surface area contributed by atoms with Crippen molar-refractivity contribution in [1.29, 1.82) is 0 Å². The zero-order chi connectivity index (χ0) is 19.7. The number of anilines is 1. The Hall–Kier alpha value is -3.30. The van der Waals surface area contributed by atoms with Crippen molar-refractivity contribution in [3.63, 3.8) is 0 Å². The monoisotopic (exact) mass is 408 g/mol. The second-order valence-electron chi connectivity index (χ2n) is 5.80. The van der Waals surface area contributed by atoms with E-state index < -0.39 is 5.97 Å². The molecule has 2 aromatic carbocycles. The summed E-state index contributed by atoms with van der Waals surface area (Å²) in [5.74, 6) is -1.26. The number of carbonyl (C=O) groups is 2. The lowest BCUT2D eigenvalue weighted by Crippen LogP contribution is -2.27. The summed E-state index contributed by atoms with van der Waals surface area (Å²) >= 11 is 6.55. The third-order valence-corrected chi connectivity index (χ3v) is 5.34. The lowest BCUT2D eigenvalue weighted by atomic mass is 10.1. The van der Waals surface area contributed by atoms with Crippen LogP contribution in [0, 0.1) is 0 Å². The number of benzene rings is 2. The molecule has 0 radical (unpaired) electrons. The molecule has 0 saturated carbocycles. The molecule has 0 unspecified atom stereocenters. The molecule has 1 saturated heterocycles. The molecule has 1 aliphatic heterocycles. The summed E-state index contributed by atoms with van der Waals surface area (Å²) in [4.78, 5) is 29.6. The largest absolute Gasteiger partial charge is 0.478 e. The van der Waals surface area contributed by atoms with Crippen LogP contribution in [0.3, 0.4) is 0 Å². The number of thiocarbonyl (C=S) groups is 1. The standard InChI is InChI=1S/C19H12N4O3S2/c24-17-16(9-12-1-5-14(6-2-12)22-11-20-10-21-22)28-19(27)23(17)15-7-3-13(4-8-15)18(25)26/h1-11H,(H,25,26)/b16-9-. The molecule has 9 heteroatoms. The van der Waals surface area contributed by atoms with E-state index in [1.165, 1.54) is 35.1 Å². The minimum Gasteiger partial charge on any atom is -0.478 e. The van der Waals surface area contributed by atoms with Gasteiger partial charge in [0.25, 0.3) is 5.91 Å². The van der Waals surface area contributed by atoms with Crippen LogP contribution < -0.4 is 4.90 Å². The SMILES string of the molecule is O=C(O)c1ccc(N2C(=O)/C(=C/c3ccc(-n4cncn4)cc3)SC2=S)cc1. The normalized spacial score (nSPS) is 15.4. The number of nitrogens with zero attached hydrogens (tertiary/aromatic N) is 4. The summed E-state index contributed by atoms with van der Waals surface area (Å²) in [5.41, 5.74) is 2.40. The van der Waals surface area contributed by atoms with Crippen molar-refractivity contribution in [3.05, 3.63) is 77.2 Å². The van der Waals surface area contributed by atoms with E-state index in [0.717, 1.165) is 11.3 Å². The van der Waals surface area contributed by atoms with Crippen molar-refractivity contribution in [2.75, 3.05) is 4.90 Å². The zero-order valence-electron chi connectivity index (χ0n) is 14.2. The van der Waals surface area contributed by atoms with Crippen molar-refractivity contribution in [2.24, 2.45) is 0 Å². The number of aromatic carboxylic acids is 1. The quantitative estimate of drug-likeness (QED) is 0.523. The molecule has 0 aliphatic carbocycles. The van der Waals surface area contributed by atoms with Crippen LogP contribution in [0.4, 0.5) is 5.69 Å². The first kappa shape index (κ1) is 18.1. The predicted octanol–water partition coefficient (Wildman–Crippen LogP) is 3.37. The lowest BCUT2D eigenvalue weighted by Gasteiger charge is -2.14. The van der Waals surface area contributed by atoms with E-state index in [9.17, 15) is 9.59 Å². The van der Waals surface area contributed by atoms with Gasteiger partial charge in [-0.2, -0.15) is 5.10 Å². The Kier molecular flexibility index (Phi) is 4.76. The minimum absolute atomic E-state index is 0.150. The van der Waals surface area contributed by atoms with Gasteiger partial charge < -0.3 is 5.11 Å². The number of rotatable bonds is 4. The number of aromatic nitrogens is 3. The molecule has 3 aromatic rings. The van der Waals surface area contributed by atoms with E-state index in [-0.39, 0.29) is 11.5 Å². The van der Waals surface area contributed by atoms with Crippen molar-refractivity contribution in [1.82, 2.24) is 14.8 Å². The van der Waals surface area contributed by atoms with Crippen LogP contribution >= 0.6 is 24.0 Å². The van der Waals surface area contributed by atoms with Gasteiger partial charge in [-0.1, -0.05) is 36.1 Å². The van der Waals surface area contributed by atoms with Gasteiger partial charge >= 0.3 is 5.97 Å². The first-order valence-corrected chi connectivity index (χ1v) is 9.32. The Labute approximate surface area is 169 Å². The third-order valence-electron chi connectivity index (χ3n) is 4.04. The third kappa shape index (κ3) is 3.45. The van der Waals surface area contributed by atoms with Gasteiger partial charge in [-0.25, -0.2) is 14.5 Å². The fourth-order valence-electron chi connectivity index (χ4n) is 2.66. The number of amides is 1.